The Morgan fingerprint density at radius 3 is 2.06 bits per heavy atom. The molecule has 1 heterocycles. The highest BCUT2D eigenvalue weighted by atomic mass is 16.7. The van der Waals surface area contributed by atoms with E-state index in [0.29, 0.717) is 6.61 Å². The maximum Gasteiger partial charge on any atom is 0.186 e. The van der Waals surface area contributed by atoms with Crippen LogP contribution >= 0.6 is 0 Å². The second-order valence-electron chi connectivity index (χ2n) is 3.63. The Bertz CT molecular complexity index is 196. The zero-order valence-corrected chi connectivity index (χ0v) is 10.1. The van der Waals surface area contributed by atoms with Crippen LogP contribution in [0.1, 0.15) is 0 Å². The molecule has 0 aromatic carbocycles. The number of aliphatic hydroxyl groups is 1. The molecule has 1 N–H and O–H groups in total. The van der Waals surface area contributed by atoms with Gasteiger partial charge in [0.15, 0.2) is 6.29 Å². The summed E-state index contributed by atoms with van der Waals surface area (Å²) in [6, 6.07) is 0. The summed E-state index contributed by atoms with van der Waals surface area (Å²) in [6.07, 6.45) is -2.81. The van der Waals surface area contributed by atoms with E-state index in [-0.39, 0.29) is 12.2 Å². The molecule has 5 atom stereocenters. The van der Waals surface area contributed by atoms with Crippen molar-refractivity contribution in [2.75, 3.05) is 35.0 Å². The van der Waals surface area contributed by atoms with Gasteiger partial charge in [-0.05, 0) is 0 Å². The fourth-order valence-corrected chi connectivity index (χ4v) is 1.94. The molecule has 6 nitrogen and oxygen atoms in total. The Labute approximate surface area is 95.4 Å². The number of hydrogen-bond donors (Lipinski definition) is 1. The van der Waals surface area contributed by atoms with Crippen LogP contribution in [0.3, 0.4) is 0 Å². The largest absolute Gasteiger partial charge is 0.385 e. The molecule has 6 heteroatoms. The van der Waals surface area contributed by atoms with Crippen molar-refractivity contribution in [3.8, 4) is 0 Å². The van der Waals surface area contributed by atoms with Crippen molar-refractivity contribution in [3.05, 3.63) is 0 Å². The first-order valence-electron chi connectivity index (χ1n) is 5.10. The predicted octanol–water partition coefficient (Wildman–Crippen LogP) is -0.605. The number of methoxy groups -OCH3 is 4. The Balaban J connectivity index is 2.77. The number of hydrogen-bond acceptors (Lipinski definition) is 6. The van der Waals surface area contributed by atoms with Crippen LogP contribution in [0, 0.1) is 0 Å². The van der Waals surface area contributed by atoms with Crippen LogP contribution in [-0.4, -0.2) is 70.9 Å². The Kier molecular flexibility index (Phi) is 5.60. The van der Waals surface area contributed by atoms with Crippen molar-refractivity contribution >= 4 is 0 Å². The minimum Gasteiger partial charge on any atom is -0.385 e. The van der Waals surface area contributed by atoms with E-state index in [4.69, 9.17) is 23.7 Å². The fourth-order valence-electron chi connectivity index (χ4n) is 1.94. The first kappa shape index (κ1) is 13.8. The molecule has 0 saturated carbocycles. The standard InChI is InChI=1S/C10H20O6/c1-12-5-6-8(13-2)9(14-3)7(11)10(15-4)16-6/h6-11H,5H2,1-4H3/t6-,7-,8-,9-,10+/m1/s1. The van der Waals surface area contributed by atoms with E-state index in [1.54, 1.807) is 14.2 Å². The lowest BCUT2D eigenvalue weighted by Crippen LogP contribution is -2.60. The van der Waals surface area contributed by atoms with Crippen molar-refractivity contribution in [2.45, 2.75) is 30.7 Å². The van der Waals surface area contributed by atoms with E-state index in [9.17, 15) is 5.11 Å². The van der Waals surface area contributed by atoms with Crippen molar-refractivity contribution in [2.24, 2.45) is 0 Å². The Morgan fingerprint density at radius 1 is 1.00 bits per heavy atom. The Hall–Kier alpha value is -0.240. The average molecular weight is 236 g/mol. The van der Waals surface area contributed by atoms with Gasteiger partial charge in [-0.25, -0.2) is 0 Å². The Morgan fingerprint density at radius 2 is 1.62 bits per heavy atom. The van der Waals surface area contributed by atoms with Crippen LogP contribution in [-0.2, 0) is 23.7 Å². The second-order valence-corrected chi connectivity index (χ2v) is 3.63. The van der Waals surface area contributed by atoms with E-state index in [1.165, 1.54) is 14.2 Å². The average Bonchev–Trinajstić information content (AvgIpc) is 2.30. The van der Waals surface area contributed by atoms with Gasteiger partial charge in [-0.1, -0.05) is 0 Å². The van der Waals surface area contributed by atoms with Crippen molar-refractivity contribution in [1.82, 2.24) is 0 Å². The third-order valence-corrected chi connectivity index (χ3v) is 2.72. The zero-order chi connectivity index (χ0) is 12.1. The lowest BCUT2D eigenvalue weighted by atomic mass is 9.99. The summed E-state index contributed by atoms with van der Waals surface area (Å²) in [7, 11) is 6.10. The summed E-state index contributed by atoms with van der Waals surface area (Å²) in [5, 5.41) is 9.92. The number of rotatable bonds is 5. The molecule has 1 saturated heterocycles. The van der Waals surface area contributed by atoms with Gasteiger partial charge in [-0.3, -0.25) is 0 Å². The van der Waals surface area contributed by atoms with Crippen molar-refractivity contribution in [3.63, 3.8) is 0 Å². The lowest BCUT2D eigenvalue weighted by molar-refractivity contribution is -0.302. The molecule has 0 unspecified atom stereocenters. The van der Waals surface area contributed by atoms with Gasteiger partial charge in [0.05, 0.1) is 6.61 Å². The molecule has 0 amide bonds. The molecule has 1 aliphatic rings. The van der Waals surface area contributed by atoms with Gasteiger partial charge >= 0.3 is 0 Å². The zero-order valence-electron chi connectivity index (χ0n) is 10.1. The highest BCUT2D eigenvalue weighted by Gasteiger charge is 2.46. The van der Waals surface area contributed by atoms with Gasteiger partial charge in [-0.2, -0.15) is 0 Å². The third kappa shape index (κ3) is 2.71. The van der Waals surface area contributed by atoms with Crippen molar-refractivity contribution in [1.29, 1.82) is 0 Å². The van der Waals surface area contributed by atoms with Gasteiger partial charge in [-0.15, -0.1) is 0 Å². The van der Waals surface area contributed by atoms with Crippen LogP contribution in [0.2, 0.25) is 0 Å². The van der Waals surface area contributed by atoms with E-state index in [0.717, 1.165) is 0 Å². The number of aliphatic hydroxyl groups excluding tert-OH is 1. The first-order valence-corrected chi connectivity index (χ1v) is 5.10. The molecule has 0 radical (unpaired) electrons. The highest BCUT2D eigenvalue weighted by molar-refractivity contribution is 4.91. The molecule has 1 fully saturated rings. The van der Waals surface area contributed by atoms with Crippen LogP contribution < -0.4 is 0 Å². The molecule has 1 aliphatic heterocycles. The maximum atomic E-state index is 9.92. The summed E-state index contributed by atoms with van der Waals surface area (Å²) >= 11 is 0. The lowest BCUT2D eigenvalue weighted by Gasteiger charge is -2.42. The molecule has 16 heavy (non-hydrogen) atoms. The molecule has 0 aromatic heterocycles. The smallest absolute Gasteiger partial charge is 0.186 e. The predicted molar refractivity (Wildman–Crippen MR) is 55.1 cm³/mol. The summed E-state index contributed by atoms with van der Waals surface area (Å²) < 4.78 is 26.1. The van der Waals surface area contributed by atoms with Gasteiger partial charge < -0.3 is 28.8 Å². The summed E-state index contributed by atoms with van der Waals surface area (Å²) in [5.41, 5.74) is 0. The van der Waals surface area contributed by atoms with Crippen LogP contribution in [0.25, 0.3) is 0 Å². The molecule has 0 aromatic rings. The normalized spacial score (nSPS) is 39.9. The summed E-state index contributed by atoms with van der Waals surface area (Å²) in [5.74, 6) is 0. The third-order valence-electron chi connectivity index (χ3n) is 2.72. The molecule has 0 spiro atoms. The highest BCUT2D eigenvalue weighted by Crippen LogP contribution is 2.25. The van der Waals surface area contributed by atoms with Gasteiger partial charge in [0.2, 0.25) is 0 Å². The molecular formula is C10H20O6. The van der Waals surface area contributed by atoms with E-state index in [2.05, 4.69) is 0 Å². The van der Waals surface area contributed by atoms with Crippen molar-refractivity contribution < 1.29 is 28.8 Å². The first-order chi connectivity index (χ1) is 7.69. The van der Waals surface area contributed by atoms with E-state index < -0.39 is 18.5 Å². The van der Waals surface area contributed by atoms with E-state index >= 15 is 0 Å². The summed E-state index contributed by atoms with van der Waals surface area (Å²) in [4.78, 5) is 0. The fraction of sp³-hybridized carbons (Fsp3) is 1.00. The molecule has 0 bridgehead atoms. The van der Waals surface area contributed by atoms with Gasteiger partial charge in [0.1, 0.15) is 24.4 Å². The molecule has 96 valence electrons. The molecule has 1 rings (SSSR count). The molecule has 0 aliphatic carbocycles. The monoisotopic (exact) mass is 236 g/mol. The number of ether oxygens (including phenoxy) is 5. The van der Waals surface area contributed by atoms with Crippen LogP contribution in [0.4, 0.5) is 0 Å². The van der Waals surface area contributed by atoms with E-state index in [1.807, 2.05) is 0 Å². The quantitative estimate of drug-likeness (QED) is 0.687. The molecular weight excluding hydrogens is 216 g/mol. The van der Waals surface area contributed by atoms with Gasteiger partial charge in [0, 0.05) is 28.4 Å². The second kappa shape index (κ2) is 6.48. The van der Waals surface area contributed by atoms with Crippen LogP contribution in [0.5, 0.6) is 0 Å². The summed E-state index contributed by atoms with van der Waals surface area (Å²) in [6.45, 7) is 0.352. The van der Waals surface area contributed by atoms with Crippen LogP contribution in [0.15, 0.2) is 0 Å². The topological polar surface area (TPSA) is 66.4 Å². The SMILES string of the molecule is COC[C@H]1O[C@H](OC)[C@H](O)[C@@H](OC)[C@@H]1OC. The van der Waals surface area contributed by atoms with Gasteiger partial charge in [0.25, 0.3) is 0 Å². The minimum absolute atomic E-state index is 0.326. The minimum atomic E-state index is -0.881. The maximum absolute atomic E-state index is 9.92.